The highest BCUT2D eigenvalue weighted by molar-refractivity contribution is 6.66. The highest BCUT2D eigenvalue weighted by atomic mass is 16.7. The van der Waals surface area contributed by atoms with Gasteiger partial charge in [0.15, 0.2) is 5.58 Å². The van der Waals surface area contributed by atoms with Crippen LogP contribution in [0.15, 0.2) is 77.2 Å². The number of benzene rings is 4. The molecule has 4 heteroatoms. The summed E-state index contributed by atoms with van der Waals surface area (Å²) in [6.07, 6.45) is 6.77. The second kappa shape index (κ2) is 8.24. The molecule has 0 N–H and O–H groups in total. The number of rotatable bonds is 2. The van der Waals surface area contributed by atoms with Crippen LogP contribution in [-0.2, 0) is 15.7 Å². The monoisotopic (exact) mass is 520 g/mol. The largest absolute Gasteiger partial charge is 0.495 e. The van der Waals surface area contributed by atoms with Crippen molar-refractivity contribution in [1.29, 1.82) is 0 Å². The van der Waals surface area contributed by atoms with Crippen LogP contribution in [0.3, 0.4) is 0 Å². The Kier molecular flexibility index (Phi) is 4.91. The average Bonchev–Trinajstić information content (AvgIpc) is 3.45. The minimum Gasteiger partial charge on any atom is -0.455 e. The fourth-order valence-electron chi connectivity index (χ4n) is 6.46. The first-order valence-corrected chi connectivity index (χ1v) is 14.1. The molecule has 0 spiro atoms. The molecule has 0 atom stereocenters. The molecule has 6 aromatic rings. The Morgan fingerprint density at radius 3 is 2.45 bits per heavy atom. The Morgan fingerprint density at radius 2 is 1.62 bits per heavy atom. The quantitative estimate of drug-likeness (QED) is 0.170. The summed E-state index contributed by atoms with van der Waals surface area (Å²) in [5, 5.41) is 7.07. The standard InChI is InChI=1S/C36H29BO3/c1-35(2)36(3,4)40-37(39-35)31-17-10-18-32-33(31)29-16-9-15-23(34(29)38-32)22-19-20-28-26-13-6-5-11-24(26)25-12-7-8-14-27(25)30(28)21-22/h6-8,10,12-15,17-21H,5,11H2,1-4H3. The van der Waals surface area contributed by atoms with Crippen molar-refractivity contribution in [2.45, 2.75) is 51.7 Å². The molecule has 0 saturated carbocycles. The van der Waals surface area contributed by atoms with Gasteiger partial charge in [-0.25, -0.2) is 0 Å². The molecule has 194 valence electrons. The first kappa shape index (κ1) is 23.8. The zero-order valence-corrected chi connectivity index (χ0v) is 23.2. The molecular weight excluding hydrogens is 491 g/mol. The Balaban J connectivity index is 1.35. The summed E-state index contributed by atoms with van der Waals surface area (Å²) in [7, 11) is -0.488. The third-order valence-corrected chi connectivity index (χ3v) is 9.25. The maximum atomic E-state index is 6.56. The number of aryl methyl sites for hydroxylation is 1. The number of fused-ring (bicyclic) bond motifs is 9. The fraction of sp³-hybridized carbons (Fsp3) is 0.222. The molecule has 1 aliphatic carbocycles. The molecule has 5 aromatic carbocycles. The van der Waals surface area contributed by atoms with Crippen LogP contribution in [0, 0.1) is 12.1 Å². The van der Waals surface area contributed by atoms with Gasteiger partial charge < -0.3 is 13.7 Å². The molecule has 0 amide bonds. The van der Waals surface area contributed by atoms with Crippen molar-refractivity contribution in [3.63, 3.8) is 0 Å². The predicted octanol–water partition coefficient (Wildman–Crippen LogP) is 8.42. The van der Waals surface area contributed by atoms with E-state index >= 15 is 0 Å². The summed E-state index contributed by atoms with van der Waals surface area (Å²) in [4.78, 5) is 0. The van der Waals surface area contributed by atoms with Crippen molar-refractivity contribution in [1.82, 2.24) is 0 Å². The van der Waals surface area contributed by atoms with Crippen LogP contribution in [0.4, 0.5) is 0 Å². The first-order chi connectivity index (χ1) is 19.3. The second-order valence-corrected chi connectivity index (χ2v) is 12.1. The van der Waals surface area contributed by atoms with E-state index in [1.54, 1.807) is 0 Å². The third kappa shape index (κ3) is 3.29. The molecule has 1 aliphatic heterocycles. The van der Waals surface area contributed by atoms with Gasteiger partial charge in [0.1, 0.15) is 5.58 Å². The van der Waals surface area contributed by atoms with Crippen LogP contribution >= 0.6 is 0 Å². The van der Waals surface area contributed by atoms with E-state index in [2.05, 4.69) is 101 Å². The topological polar surface area (TPSA) is 31.6 Å². The predicted molar refractivity (Wildman–Crippen MR) is 165 cm³/mol. The van der Waals surface area contributed by atoms with E-state index in [1.165, 1.54) is 32.7 Å². The van der Waals surface area contributed by atoms with Gasteiger partial charge in [0.2, 0.25) is 0 Å². The summed E-state index contributed by atoms with van der Waals surface area (Å²) in [5.74, 6) is 0. The SMILES string of the molecule is CC1(C)OB(c2cccc3oc4c(-c5ccc6c7c(c8ccccc8c6c5)CCC=C7)cc#cc4c23)OC1(C)C. The lowest BCUT2D eigenvalue weighted by Gasteiger charge is -2.32. The smallest absolute Gasteiger partial charge is 0.455 e. The first-order valence-electron chi connectivity index (χ1n) is 14.1. The highest BCUT2D eigenvalue weighted by Gasteiger charge is 2.52. The van der Waals surface area contributed by atoms with Gasteiger partial charge in [0.05, 0.1) is 16.6 Å². The molecule has 8 rings (SSSR count). The molecule has 2 aliphatic rings. The lowest BCUT2D eigenvalue weighted by atomic mass is 9.76. The van der Waals surface area contributed by atoms with E-state index in [0.717, 1.165) is 51.4 Å². The van der Waals surface area contributed by atoms with Gasteiger partial charge in [-0.15, -0.1) is 0 Å². The number of allylic oxidation sites excluding steroid dienone is 1. The van der Waals surface area contributed by atoms with Gasteiger partial charge >= 0.3 is 7.12 Å². The van der Waals surface area contributed by atoms with E-state index in [9.17, 15) is 0 Å². The fourth-order valence-corrected chi connectivity index (χ4v) is 6.46. The summed E-state index contributed by atoms with van der Waals surface area (Å²) < 4.78 is 19.4. The van der Waals surface area contributed by atoms with Crippen molar-refractivity contribution in [2.24, 2.45) is 0 Å². The van der Waals surface area contributed by atoms with Gasteiger partial charge in [-0.2, -0.15) is 0 Å². The lowest BCUT2D eigenvalue weighted by molar-refractivity contribution is 0.00578. The van der Waals surface area contributed by atoms with E-state index < -0.39 is 18.3 Å². The van der Waals surface area contributed by atoms with Gasteiger partial charge in [0.25, 0.3) is 0 Å². The summed E-state index contributed by atoms with van der Waals surface area (Å²) in [6, 6.07) is 30.3. The van der Waals surface area contributed by atoms with Gasteiger partial charge in [-0.3, -0.25) is 0 Å². The molecule has 0 bridgehead atoms. The third-order valence-electron chi connectivity index (χ3n) is 9.25. The molecular formula is C36H29BO3. The van der Waals surface area contributed by atoms with Crippen LogP contribution in [0.2, 0.25) is 0 Å². The molecule has 1 saturated heterocycles. The minimum absolute atomic E-state index is 0.428. The Hall–Kier alpha value is -4.04. The number of hydrogen-bond donors (Lipinski definition) is 0. The summed E-state index contributed by atoms with van der Waals surface area (Å²) >= 11 is 0. The van der Waals surface area contributed by atoms with Crippen LogP contribution in [0.1, 0.15) is 45.2 Å². The van der Waals surface area contributed by atoms with Crippen LogP contribution in [-0.4, -0.2) is 18.3 Å². The Labute approximate surface area is 234 Å². The van der Waals surface area contributed by atoms with Crippen molar-refractivity contribution >= 4 is 62.1 Å². The molecule has 40 heavy (non-hydrogen) atoms. The maximum absolute atomic E-state index is 6.56. The molecule has 0 radical (unpaired) electrons. The lowest BCUT2D eigenvalue weighted by Crippen LogP contribution is -2.41. The molecule has 3 nitrogen and oxygen atoms in total. The van der Waals surface area contributed by atoms with Gasteiger partial charge in [-0.05, 0) is 96.4 Å². The molecule has 1 fully saturated rings. The summed E-state index contributed by atoms with van der Waals surface area (Å²) in [5.41, 5.74) is 6.61. The van der Waals surface area contributed by atoms with Crippen molar-refractivity contribution < 1.29 is 13.7 Å². The van der Waals surface area contributed by atoms with Gasteiger partial charge in [0, 0.05) is 17.0 Å². The Morgan fingerprint density at radius 1 is 0.825 bits per heavy atom. The Bertz CT molecular complexity index is 2010. The van der Waals surface area contributed by atoms with E-state index in [4.69, 9.17) is 13.7 Å². The molecule has 1 aromatic heterocycles. The van der Waals surface area contributed by atoms with Crippen molar-refractivity contribution in [3.05, 3.63) is 96.1 Å². The highest BCUT2D eigenvalue weighted by Crippen LogP contribution is 2.41. The van der Waals surface area contributed by atoms with E-state index in [0.29, 0.717) is 0 Å². The normalized spacial score (nSPS) is 17.6. The summed E-state index contributed by atoms with van der Waals surface area (Å²) in [6.45, 7) is 8.31. The van der Waals surface area contributed by atoms with Gasteiger partial charge in [-0.1, -0.05) is 72.8 Å². The van der Waals surface area contributed by atoms with E-state index in [1.807, 2.05) is 18.2 Å². The minimum atomic E-state index is -0.488. The zero-order chi connectivity index (χ0) is 27.2. The number of furan rings is 1. The second-order valence-electron chi connectivity index (χ2n) is 12.1. The van der Waals surface area contributed by atoms with Crippen LogP contribution in [0.25, 0.3) is 60.7 Å². The van der Waals surface area contributed by atoms with Crippen LogP contribution < -0.4 is 5.46 Å². The average molecular weight is 520 g/mol. The van der Waals surface area contributed by atoms with Crippen LogP contribution in [0.5, 0.6) is 0 Å². The molecule has 2 heterocycles. The number of hydrogen-bond acceptors (Lipinski definition) is 3. The van der Waals surface area contributed by atoms with Crippen molar-refractivity contribution in [3.8, 4) is 11.1 Å². The maximum Gasteiger partial charge on any atom is 0.495 e. The zero-order valence-electron chi connectivity index (χ0n) is 23.2. The molecule has 0 unspecified atom stereocenters. The van der Waals surface area contributed by atoms with Crippen molar-refractivity contribution in [2.75, 3.05) is 0 Å². The van der Waals surface area contributed by atoms with E-state index in [-0.39, 0.29) is 0 Å².